The van der Waals surface area contributed by atoms with Gasteiger partial charge >= 0.3 is 0 Å². The van der Waals surface area contributed by atoms with Crippen LogP contribution in [0.2, 0.25) is 0 Å². The molecule has 0 aliphatic carbocycles. The molecule has 2 saturated heterocycles. The predicted molar refractivity (Wildman–Crippen MR) is 55.4 cm³/mol. The smallest absolute Gasteiger partial charge is 0.225 e. The Balaban J connectivity index is 1.75. The summed E-state index contributed by atoms with van der Waals surface area (Å²) >= 11 is 0. The van der Waals surface area contributed by atoms with Gasteiger partial charge in [0.15, 0.2) is 0 Å². The number of hydrogen-bond acceptors (Lipinski definition) is 3. The van der Waals surface area contributed by atoms with Crippen molar-refractivity contribution in [1.82, 2.24) is 4.90 Å². The van der Waals surface area contributed by atoms with Crippen LogP contribution in [0.25, 0.3) is 0 Å². The van der Waals surface area contributed by atoms with E-state index in [1.807, 2.05) is 4.90 Å². The molecule has 4 nitrogen and oxygen atoms in total. The SMILES string of the molecule is O=C(CC1CCCO1)N1CCC(O)CC1. The van der Waals surface area contributed by atoms with Gasteiger partial charge in [-0.25, -0.2) is 0 Å². The fourth-order valence-electron chi connectivity index (χ4n) is 2.24. The van der Waals surface area contributed by atoms with E-state index < -0.39 is 0 Å². The molecule has 1 atom stereocenters. The maximum Gasteiger partial charge on any atom is 0.225 e. The van der Waals surface area contributed by atoms with Crippen LogP contribution in [0, 0.1) is 0 Å². The molecule has 0 bridgehead atoms. The zero-order valence-corrected chi connectivity index (χ0v) is 9.02. The molecular weight excluding hydrogens is 194 g/mol. The zero-order chi connectivity index (χ0) is 10.7. The molecule has 4 heteroatoms. The first-order valence-corrected chi connectivity index (χ1v) is 5.83. The van der Waals surface area contributed by atoms with E-state index >= 15 is 0 Å². The van der Waals surface area contributed by atoms with Gasteiger partial charge in [0.25, 0.3) is 0 Å². The lowest BCUT2D eigenvalue weighted by Gasteiger charge is -2.30. The molecule has 1 N–H and O–H groups in total. The minimum absolute atomic E-state index is 0.143. The normalized spacial score (nSPS) is 28.3. The molecule has 1 amide bonds. The topological polar surface area (TPSA) is 49.8 Å². The Bertz CT molecular complexity index is 218. The van der Waals surface area contributed by atoms with Crippen LogP contribution in [0.1, 0.15) is 32.1 Å². The quantitative estimate of drug-likeness (QED) is 0.728. The molecule has 2 aliphatic rings. The van der Waals surface area contributed by atoms with Crippen molar-refractivity contribution in [2.45, 2.75) is 44.3 Å². The lowest BCUT2D eigenvalue weighted by Crippen LogP contribution is -2.41. The number of hydrogen-bond donors (Lipinski definition) is 1. The van der Waals surface area contributed by atoms with Gasteiger partial charge in [-0.1, -0.05) is 0 Å². The summed E-state index contributed by atoms with van der Waals surface area (Å²) in [5.74, 6) is 0.189. The minimum Gasteiger partial charge on any atom is -0.393 e. The summed E-state index contributed by atoms with van der Waals surface area (Å²) in [4.78, 5) is 13.7. The van der Waals surface area contributed by atoms with Crippen LogP contribution in [0.15, 0.2) is 0 Å². The highest BCUT2D eigenvalue weighted by Crippen LogP contribution is 2.18. The monoisotopic (exact) mass is 213 g/mol. The highest BCUT2D eigenvalue weighted by molar-refractivity contribution is 5.76. The maximum atomic E-state index is 11.8. The lowest BCUT2D eigenvalue weighted by atomic mass is 10.1. The summed E-state index contributed by atoms with van der Waals surface area (Å²) in [6.45, 7) is 2.20. The second kappa shape index (κ2) is 4.94. The highest BCUT2D eigenvalue weighted by Gasteiger charge is 2.25. The van der Waals surface area contributed by atoms with Crippen LogP contribution in [-0.4, -0.2) is 47.8 Å². The number of carbonyl (C=O) groups excluding carboxylic acids is 1. The molecule has 1 unspecified atom stereocenters. The molecule has 2 rings (SSSR count). The first kappa shape index (κ1) is 10.9. The first-order valence-electron chi connectivity index (χ1n) is 5.83. The first-order chi connectivity index (χ1) is 7.25. The van der Waals surface area contributed by atoms with E-state index in [1.54, 1.807) is 0 Å². The second-order valence-corrected chi connectivity index (χ2v) is 4.45. The Morgan fingerprint density at radius 3 is 2.67 bits per heavy atom. The number of carbonyl (C=O) groups is 1. The number of amides is 1. The molecule has 0 saturated carbocycles. The van der Waals surface area contributed by atoms with E-state index in [4.69, 9.17) is 4.74 Å². The Hall–Kier alpha value is -0.610. The Morgan fingerprint density at radius 1 is 1.33 bits per heavy atom. The Labute approximate surface area is 90.2 Å². The van der Waals surface area contributed by atoms with Gasteiger partial charge < -0.3 is 14.7 Å². The maximum absolute atomic E-state index is 11.8. The summed E-state index contributed by atoms with van der Waals surface area (Å²) in [6, 6.07) is 0. The van der Waals surface area contributed by atoms with Gasteiger partial charge in [-0.15, -0.1) is 0 Å². The van der Waals surface area contributed by atoms with Crippen molar-refractivity contribution in [3.63, 3.8) is 0 Å². The highest BCUT2D eigenvalue weighted by atomic mass is 16.5. The van der Waals surface area contributed by atoms with E-state index in [1.165, 1.54) is 0 Å². The number of rotatable bonds is 2. The van der Waals surface area contributed by atoms with Crippen LogP contribution in [-0.2, 0) is 9.53 Å². The van der Waals surface area contributed by atoms with Gasteiger partial charge in [0.05, 0.1) is 18.6 Å². The molecule has 0 radical (unpaired) electrons. The summed E-state index contributed by atoms with van der Waals surface area (Å²) in [5, 5.41) is 9.33. The summed E-state index contributed by atoms with van der Waals surface area (Å²) < 4.78 is 5.44. The van der Waals surface area contributed by atoms with Crippen molar-refractivity contribution in [2.24, 2.45) is 0 Å². The molecular formula is C11H19NO3. The summed E-state index contributed by atoms with van der Waals surface area (Å²) in [5.41, 5.74) is 0. The van der Waals surface area contributed by atoms with E-state index in [9.17, 15) is 9.90 Å². The van der Waals surface area contributed by atoms with Gasteiger partial charge in [-0.2, -0.15) is 0 Å². The lowest BCUT2D eigenvalue weighted by molar-refractivity contribution is -0.135. The fourth-order valence-corrected chi connectivity index (χ4v) is 2.24. The number of nitrogens with zero attached hydrogens (tertiary/aromatic N) is 1. The zero-order valence-electron chi connectivity index (χ0n) is 9.02. The Morgan fingerprint density at radius 2 is 2.07 bits per heavy atom. The summed E-state index contributed by atoms with van der Waals surface area (Å²) in [6.07, 6.45) is 3.99. The Kier molecular flexibility index (Phi) is 3.59. The van der Waals surface area contributed by atoms with Crippen LogP contribution >= 0.6 is 0 Å². The van der Waals surface area contributed by atoms with Crippen molar-refractivity contribution >= 4 is 5.91 Å². The molecule has 15 heavy (non-hydrogen) atoms. The van der Waals surface area contributed by atoms with E-state index in [0.29, 0.717) is 19.5 Å². The molecule has 2 aliphatic heterocycles. The molecule has 86 valence electrons. The van der Waals surface area contributed by atoms with Crippen LogP contribution in [0.3, 0.4) is 0 Å². The third kappa shape index (κ3) is 2.92. The standard InChI is InChI=1S/C11H19NO3/c13-9-3-5-12(6-4-9)11(14)8-10-2-1-7-15-10/h9-10,13H,1-8H2. The largest absolute Gasteiger partial charge is 0.393 e. The van der Waals surface area contributed by atoms with Gasteiger partial charge in [0, 0.05) is 19.7 Å². The van der Waals surface area contributed by atoms with Gasteiger partial charge in [-0.05, 0) is 25.7 Å². The van der Waals surface area contributed by atoms with E-state index in [0.717, 1.165) is 32.3 Å². The third-order valence-corrected chi connectivity index (χ3v) is 3.24. The second-order valence-electron chi connectivity index (χ2n) is 4.45. The molecule has 0 aromatic heterocycles. The molecule has 0 aromatic carbocycles. The van der Waals surface area contributed by atoms with Gasteiger partial charge in [-0.3, -0.25) is 4.79 Å². The summed E-state index contributed by atoms with van der Waals surface area (Å²) in [7, 11) is 0. The number of piperidine rings is 1. The van der Waals surface area contributed by atoms with Gasteiger partial charge in [0.1, 0.15) is 0 Å². The number of aliphatic hydroxyl groups excluding tert-OH is 1. The average Bonchev–Trinajstić information content (AvgIpc) is 2.71. The van der Waals surface area contributed by atoms with Crippen molar-refractivity contribution in [3.05, 3.63) is 0 Å². The molecule has 2 fully saturated rings. The molecule has 0 spiro atoms. The van der Waals surface area contributed by atoms with E-state index in [-0.39, 0.29) is 18.1 Å². The van der Waals surface area contributed by atoms with Crippen molar-refractivity contribution in [1.29, 1.82) is 0 Å². The minimum atomic E-state index is -0.211. The number of ether oxygens (including phenoxy) is 1. The number of likely N-dealkylation sites (tertiary alicyclic amines) is 1. The molecule has 2 heterocycles. The van der Waals surface area contributed by atoms with Crippen molar-refractivity contribution < 1.29 is 14.6 Å². The van der Waals surface area contributed by atoms with Crippen LogP contribution in [0.4, 0.5) is 0 Å². The van der Waals surface area contributed by atoms with Crippen molar-refractivity contribution in [3.8, 4) is 0 Å². The van der Waals surface area contributed by atoms with Crippen LogP contribution in [0.5, 0.6) is 0 Å². The molecule has 0 aromatic rings. The van der Waals surface area contributed by atoms with Gasteiger partial charge in [0.2, 0.25) is 5.91 Å². The van der Waals surface area contributed by atoms with Crippen LogP contribution < -0.4 is 0 Å². The van der Waals surface area contributed by atoms with E-state index in [2.05, 4.69) is 0 Å². The fraction of sp³-hybridized carbons (Fsp3) is 0.909. The number of aliphatic hydroxyl groups is 1. The predicted octanol–water partition coefficient (Wildman–Crippen LogP) is 0.539. The van der Waals surface area contributed by atoms with Crippen molar-refractivity contribution in [2.75, 3.05) is 19.7 Å². The third-order valence-electron chi connectivity index (χ3n) is 3.24. The average molecular weight is 213 g/mol.